The van der Waals surface area contributed by atoms with Gasteiger partial charge < -0.3 is 10.2 Å². The molecule has 0 amide bonds. The van der Waals surface area contributed by atoms with Gasteiger partial charge in [0.15, 0.2) is 0 Å². The summed E-state index contributed by atoms with van der Waals surface area (Å²) in [5.74, 6) is 0.928. The van der Waals surface area contributed by atoms with Crippen molar-refractivity contribution in [1.29, 1.82) is 0 Å². The summed E-state index contributed by atoms with van der Waals surface area (Å²) < 4.78 is 0. The van der Waals surface area contributed by atoms with E-state index in [1.54, 1.807) is 0 Å². The molecule has 0 saturated carbocycles. The van der Waals surface area contributed by atoms with Crippen molar-refractivity contribution in [2.75, 3.05) is 39.3 Å². The fraction of sp³-hybridized carbons (Fsp3) is 1.00. The molecule has 1 unspecified atom stereocenters. The van der Waals surface area contributed by atoms with Crippen LogP contribution in [0.25, 0.3) is 0 Å². The van der Waals surface area contributed by atoms with Crippen molar-refractivity contribution in [3.63, 3.8) is 0 Å². The smallest absolute Gasteiger partial charge is 0.0221 e. The average Bonchev–Trinajstić information content (AvgIpc) is 2.55. The van der Waals surface area contributed by atoms with E-state index in [1.165, 1.54) is 77.8 Å². The molecule has 0 radical (unpaired) electrons. The molecule has 3 fully saturated rings. The minimum Gasteiger partial charge on any atom is -0.315 e. The Morgan fingerprint density at radius 1 is 0.773 bits per heavy atom. The Bertz CT molecular complexity index is 327. The third-order valence-electron chi connectivity index (χ3n) is 6.56. The maximum absolute atomic E-state index is 3.57. The highest BCUT2D eigenvalue weighted by Crippen LogP contribution is 2.35. The van der Waals surface area contributed by atoms with Crippen molar-refractivity contribution in [1.82, 2.24) is 15.1 Å². The van der Waals surface area contributed by atoms with Crippen molar-refractivity contribution >= 4 is 0 Å². The van der Waals surface area contributed by atoms with Crippen LogP contribution in [-0.4, -0.2) is 61.2 Å². The summed E-state index contributed by atoms with van der Waals surface area (Å²) in [6.07, 6.45) is 8.40. The van der Waals surface area contributed by atoms with Crippen molar-refractivity contribution in [2.24, 2.45) is 11.3 Å². The Morgan fingerprint density at radius 3 is 1.91 bits per heavy atom. The minimum absolute atomic E-state index is 0.503. The molecule has 0 aliphatic carbocycles. The van der Waals surface area contributed by atoms with Crippen LogP contribution in [0.15, 0.2) is 0 Å². The molecule has 3 rings (SSSR count). The topological polar surface area (TPSA) is 18.5 Å². The molecule has 0 spiro atoms. The molecule has 0 bridgehead atoms. The number of rotatable bonds is 2. The number of nitrogens with zero attached hydrogens (tertiary/aromatic N) is 2. The minimum atomic E-state index is 0.503. The van der Waals surface area contributed by atoms with Crippen molar-refractivity contribution in [3.05, 3.63) is 0 Å². The van der Waals surface area contributed by atoms with Gasteiger partial charge in [-0.15, -0.1) is 0 Å². The Hall–Kier alpha value is -0.120. The lowest BCUT2D eigenvalue weighted by Crippen LogP contribution is -2.53. The number of likely N-dealkylation sites (tertiary alicyclic amines) is 2. The summed E-state index contributed by atoms with van der Waals surface area (Å²) in [6.45, 7) is 15.1. The lowest BCUT2D eigenvalue weighted by molar-refractivity contribution is 0.0386. The van der Waals surface area contributed by atoms with Crippen LogP contribution in [-0.2, 0) is 0 Å². The van der Waals surface area contributed by atoms with Gasteiger partial charge in [-0.1, -0.05) is 20.8 Å². The summed E-state index contributed by atoms with van der Waals surface area (Å²) in [5, 5.41) is 3.57. The van der Waals surface area contributed by atoms with Crippen LogP contribution in [0.3, 0.4) is 0 Å². The van der Waals surface area contributed by atoms with Gasteiger partial charge in [0.05, 0.1) is 0 Å². The fourth-order valence-electron chi connectivity index (χ4n) is 4.89. The van der Waals surface area contributed by atoms with Crippen LogP contribution < -0.4 is 5.32 Å². The molecule has 3 heterocycles. The lowest BCUT2D eigenvalue weighted by atomic mass is 9.75. The largest absolute Gasteiger partial charge is 0.315 e. The highest BCUT2D eigenvalue weighted by atomic mass is 15.2. The van der Waals surface area contributed by atoms with E-state index in [0.717, 1.165) is 18.0 Å². The molecule has 0 aromatic heterocycles. The summed E-state index contributed by atoms with van der Waals surface area (Å²) in [6, 6.07) is 1.69. The van der Waals surface area contributed by atoms with Crippen LogP contribution in [0.2, 0.25) is 0 Å². The number of nitrogens with one attached hydrogen (secondary N) is 1. The predicted octanol–water partition coefficient (Wildman–Crippen LogP) is 2.96. The van der Waals surface area contributed by atoms with Crippen molar-refractivity contribution in [3.8, 4) is 0 Å². The summed E-state index contributed by atoms with van der Waals surface area (Å²) in [4.78, 5) is 5.59. The Balaban J connectivity index is 1.42. The van der Waals surface area contributed by atoms with Crippen molar-refractivity contribution in [2.45, 2.75) is 71.4 Å². The van der Waals surface area contributed by atoms with Crippen molar-refractivity contribution < 1.29 is 0 Å². The van der Waals surface area contributed by atoms with E-state index in [0.29, 0.717) is 5.41 Å². The normalized spacial score (nSPS) is 31.5. The summed E-state index contributed by atoms with van der Waals surface area (Å²) in [7, 11) is 0. The van der Waals surface area contributed by atoms with E-state index >= 15 is 0 Å². The van der Waals surface area contributed by atoms with Gasteiger partial charge in [0.25, 0.3) is 0 Å². The zero-order valence-corrected chi connectivity index (χ0v) is 15.1. The van der Waals surface area contributed by atoms with Crippen LogP contribution in [0.1, 0.15) is 59.3 Å². The van der Waals surface area contributed by atoms with E-state index < -0.39 is 0 Å². The van der Waals surface area contributed by atoms with Crippen LogP contribution in [0.5, 0.6) is 0 Å². The van der Waals surface area contributed by atoms with Gasteiger partial charge >= 0.3 is 0 Å². The van der Waals surface area contributed by atoms with Gasteiger partial charge in [-0.05, 0) is 82.6 Å². The van der Waals surface area contributed by atoms with Crippen LogP contribution >= 0.6 is 0 Å². The van der Waals surface area contributed by atoms with E-state index in [9.17, 15) is 0 Å². The molecule has 1 atom stereocenters. The highest BCUT2D eigenvalue weighted by molar-refractivity contribution is 4.88. The first kappa shape index (κ1) is 16.7. The molecule has 128 valence electrons. The second-order valence-electron chi connectivity index (χ2n) is 8.94. The standard InChI is InChI=1S/C19H37N3/c1-19(2,3)16-6-11-21(12-7-16)17-8-13-22(14-9-17)18-5-4-10-20-15-18/h16-18,20H,4-15H2,1-3H3. The highest BCUT2D eigenvalue weighted by Gasteiger charge is 2.33. The monoisotopic (exact) mass is 307 g/mol. The number of hydrogen-bond acceptors (Lipinski definition) is 3. The number of piperidine rings is 3. The maximum atomic E-state index is 3.57. The van der Waals surface area contributed by atoms with E-state index in [-0.39, 0.29) is 0 Å². The third kappa shape index (κ3) is 4.04. The van der Waals surface area contributed by atoms with Gasteiger partial charge in [-0.2, -0.15) is 0 Å². The SMILES string of the molecule is CC(C)(C)C1CCN(C2CCN(C3CCCNC3)CC2)CC1. The molecule has 3 aliphatic heterocycles. The molecule has 3 nitrogen and oxygen atoms in total. The molecule has 3 aliphatic rings. The average molecular weight is 308 g/mol. The second-order valence-corrected chi connectivity index (χ2v) is 8.94. The summed E-state index contributed by atoms with van der Waals surface area (Å²) in [5.41, 5.74) is 0.503. The first-order valence-corrected chi connectivity index (χ1v) is 9.73. The Morgan fingerprint density at radius 2 is 1.36 bits per heavy atom. The molecular weight excluding hydrogens is 270 g/mol. The second kappa shape index (κ2) is 7.19. The molecule has 3 saturated heterocycles. The van der Waals surface area contributed by atoms with Gasteiger partial charge in [0.1, 0.15) is 0 Å². The van der Waals surface area contributed by atoms with Gasteiger partial charge in [0.2, 0.25) is 0 Å². The molecule has 3 heteroatoms. The zero-order valence-electron chi connectivity index (χ0n) is 15.1. The number of hydrogen-bond donors (Lipinski definition) is 1. The van der Waals surface area contributed by atoms with Crippen LogP contribution in [0.4, 0.5) is 0 Å². The quantitative estimate of drug-likeness (QED) is 0.846. The first-order chi connectivity index (χ1) is 10.5. The summed E-state index contributed by atoms with van der Waals surface area (Å²) >= 11 is 0. The molecule has 1 N–H and O–H groups in total. The van der Waals surface area contributed by atoms with E-state index in [1.807, 2.05) is 0 Å². The fourth-order valence-corrected chi connectivity index (χ4v) is 4.89. The molecule has 22 heavy (non-hydrogen) atoms. The third-order valence-corrected chi connectivity index (χ3v) is 6.56. The first-order valence-electron chi connectivity index (χ1n) is 9.73. The van der Waals surface area contributed by atoms with Gasteiger partial charge in [0, 0.05) is 18.6 Å². The molecule has 0 aromatic rings. The van der Waals surface area contributed by atoms with E-state index in [2.05, 4.69) is 35.9 Å². The van der Waals surface area contributed by atoms with Gasteiger partial charge in [-0.3, -0.25) is 4.90 Å². The predicted molar refractivity (Wildman–Crippen MR) is 94.2 cm³/mol. The maximum Gasteiger partial charge on any atom is 0.0221 e. The van der Waals surface area contributed by atoms with E-state index in [4.69, 9.17) is 0 Å². The molecule has 0 aromatic carbocycles. The zero-order chi connectivity index (χ0) is 15.6. The Kier molecular flexibility index (Phi) is 5.47. The van der Waals surface area contributed by atoms with Gasteiger partial charge in [-0.25, -0.2) is 0 Å². The van der Waals surface area contributed by atoms with Crippen LogP contribution in [0, 0.1) is 11.3 Å². The lowest BCUT2D eigenvalue weighted by Gasteiger charge is -2.46. The molecular formula is C19H37N3. The Labute approximate surface area is 137 Å².